The number of alkyl halides is 3. The number of amides is 1. The van der Waals surface area contributed by atoms with Crippen molar-refractivity contribution in [2.45, 2.75) is 38.5 Å². The van der Waals surface area contributed by atoms with Gasteiger partial charge in [-0.2, -0.15) is 13.2 Å². The van der Waals surface area contributed by atoms with E-state index in [0.29, 0.717) is 18.9 Å². The summed E-state index contributed by atoms with van der Waals surface area (Å²) < 4.78 is 39.5. The zero-order valence-corrected chi connectivity index (χ0v) is 11.4. The number of fused-ring (bicyclic) bond motifs is 1. The summed E-state index contributed by atoms with van der Waals surface area (Å²) in [5, 5.41) is 0. The summed E-state index contributed by atoms with van der Waals surface area (Å²) in [6, 6.07) is 0. The topological polar surface area (TPSA) is 38.1 Å². The van der Waals surface area contributed by atoms with Gasteiger partial charge < -0.3 is 9.47 Å². The molecule has 0 spiro atoms. The van der Waals surface area contributed by atoms with Crippen molar-refractivity contribution in [3.8, 4) is 0 Å². The van der Waals surface area contributed by atoms with Gasteiger partial charge in [0.1, 0.15) is 5.82 Å². The molecule has 1 unspecified atom stereocenters. The average Bonchev–Trinajstić information content (AvgIpc) is 2.90. The van der Waals surface area contributed by atoms with E-state index in [1.54, 1.807) is 4.90 Å². The van der Waals surface area contributed by atoms with Crippen LogP contribution >= 0.6 is 0 Å². The highest BCUT2D eigenvalue weighted by Gasteiger charge is 2.36. The first-order valence-corrected chi connectivity index (χ1v) is 7.02. The number of hydrogen-bond donors (Lipinski definition) is 0. The molecule has 0 saturated carbocycles. The van der Waals surface area contributed by atoms with Crippen LogP contribution in [-0.4, -0.2) is 26.9 Å². The molecule has 1 amide bonds. The van der Waals surface area contributed by atoms with E-state index in [1.165, 1.54) is 4.57 Å². The number of hydrogen-bond acceptors (Lipinski definition) is 2. The molecule has 2 aliphatic rings. The van der Waals surface area contributed by atoms with E-state index in [4.69, 9.17) is 0 Å². The predicted molar refractivity (Wildman–Crippen MR) is 69.1 cm³/mol. The molecule has 0 radical (unpaired) electrons. The highest BCUT2D eigenvalue weighted by molar-refractivity contribution is 5.79. The van der Waals surface area contributed by atoms with Crippen LogP contribution in [0.4, 0.5) is 13.2 Å². The number of aromatic nitrogens is 2. The largest absolute Gasteiger partial charge is 0.434 e. The normalized spacial score (nSPS) is 22.2. The SMILES string of the molecule is O=C(C1CC=CCC1)N1CCn2cc(C(F)(F)F)nc2C1. The van der Waals surface area contributed by atoms with Gasteiger partial charge in [0, 0.05) is 25.2 Å². The van der Waals surface area contributed by atoms with E-state index >= 15 is 0 Å². The smallest absolute Gasteiger partial charge is 0.333 e. The van der Waals surface area contributed by atoms with E-state index in [1.807, 2.05) is 6.08 Å². The molecule has 114 valence electrons. The fourth-order valence-electron chi connectivity index (χ4n) is 2.85. The molecule has 0 saturated heterocycles. The Morgan fingerprint density at radius 1 is 1.29 bits per heavy atom. The second-order valence-corrected chi connectivity index (χ2v) is 5.47. The van der Waals surface area contributed by atoms with Gasteiger partial charge in [0.25, 0.3) is 0 Å². The molecular weight excluding hydrogens is 283 g/mol. The molecule has 1 aliphatic heterocycles. The number of rotatable bonds is 1. The third-order valence-electron chi connectivity index (χ3n) is 4.02. The molecule has 4 nitrogen and oxygen atoms in total. The minimum absolute atomic E-state index is 0.0298. The number of halogens is 3. The van der Waals surface area contributed by atoms with Crippen molar-refractivity contribution in [1.29, 1.82) is 0 Å². The van der Waals surface area contributed by atoms with E-state index in [9.17, 15) is 18.0 Å². The fraction of sp³-hybridized carbons (Fsp3) is 0.571. The number of nitrogens with zero attached hydrogens (tertiary/aromatic N) is 3. The zero-order chi connectivity index (χ0) is 15.0. The van der Waals surface area contributed by atoms with Crippen molar-refractivity contribution in [2.24, 2.45) is 5.92 Å². The number of allylic oxidation sites excluding steroid dienone is 2. The van der Waals surface area contributed by atoms with Crippen LogP contribution < -0.4 is 0 Å². The maximum Gasteiger partial charge on any atom is 0.434 e. The molecule has 1 atom stereocenters. The maximum atomic E-state index is 12.7. The summed E-state index contributed by atoms with van der Waals surface area (Å²) in [4.78, 5) is 17.7. The molecule has 0 bridgehead atoms. The highest BCUT2D eigenvalue weighted by Crippen LogP contribution is 2.30. The first-order chi connectivity index (χ1) is 9.95. The van der Waals surface area contributed by atoms with Crippen LogP contribution in [0.1, 0.15) is 30.8 Å². The highest BCUT2D eigenvalue weighted by atomic mass is 19.4. The van der Waals surface area contributed by atoms with Crippen molar-refractivity contribution in [1.82, 2.24) is 14.5 Å². The Labute approximate surface area is 120 Å². The van der Waals surface area contributed by atoms with Crippen LogP contribution in [0.5, 0.6) is 0 Å². The zero-order valence-electron chi connectivity index (χ0n) is 11.4. The molecular formula is C14H16F3N3O. The fourth-order valence-corrected chi connectivity index (χ4v) is 2.85. The number of carbonyl (C=O) groups is 1. The summed E-state index contributed by atoms with van der Waals surface area (Å²) in [5.74, 6) is 0.300. The third kappa shape index (κ3) is 2.82. The molecule has 0 N–H and O–H groups in total. The molecule has 21 heavy (non-hydrogen) atoms. The lowest BCUT2D eigenvalue weighted by Gasteiger charge is -2.31. The van der Waals surface area contributed by atoms with Gasteiger partial charge >= 0.3 is 6.18 Å². The molecule has 7 heteroatoms. The van der Waals surface area contributed by atoms with Crippen molar-refractivity contribution in [3.05, 3.63) is 29.9 Å². The van der Waals surface area contributed by atoms with Crippen LogP contribution in [-0.2, 0) is 24.1 Å². The Morgan fingerprint density at radius 2 is 2.10 bits per heavy atom. The molecule has 0 aromatic carbocycles. The Kier molecular flexibility index (Phi) is 3.51. The first-order valence-electron chi connectivity index (χ1n) is 7.02. The van der Waals surface area contributed by atoms with Crippen LogP contribution in [0, 0.1) is 5.92 Å². The van der Waals surface area contributed by atoms with Gasteiger partial charge in [0.15, 0.2) is 5.69 Å². The van der Waals surface area contributed by atoms with Crippen molar-refractivity contribution in [3.63, 3.8) is 0 Å². The summed E-state index contributed by atoms with van der Waals surface area (Å²) in [7, 11) is 0. The minimum atomic E-state index is -4.44. The molecule has 0 fully saturated rings. The van der Waals surface area contributed by atoms with Crippen molar-refractivity contribution in [2.75, 3.05) is 6.54 Å². The maximum absolute atomic E-state index is 12.7. The summed E-state index contributed by atoms with van der Waals surface area (Å²) in [6.45, 7) is 0.974. The van der Waals surface area contributed by atoms with Crippen LogP contribution in [0.3, 0.4) is 0 Å². The lowest BCUT2D eigenvalue weighted by Crippen LogP contribution is -2.41. The van der Waals surface area contributed by atoms with E-state index < -0.39 is 11.9 Å². The lowest BCUT2D eigenvalue weighted by molar-refractivity contribution is -0.141. The number of carbonyl (C=O) groups excluding carboxylic acids is 1. The molecule has 1 aromatic rings. The van der Waals surface area contributed by atoms with Gasteiger partial charge in [-0.1, -0.05) is 12.2 Å². The third-order valence-corrected chi connectivity index (χ3v) is 4.02. The minimum Gasteiger partial charge on any atom is -0.333 e. The molecule has 1 aromatic heterocycles. The standard InChI is InChI=1S/C14H16F3N3O/c15-14(16,17)11-8-19-6-7-20(9-12(19)18-11)13(21)10-4-2-1-3-5-10/h1-2,8,10H,3-7,9H2. The second kappa shape index (κ2) is 5.20. The van der Waals surface area contributed by atoms with Gasteiger partial charge in [0.05, 0.1) is 6.54 Å². The Hall–Kier alpha value is -1.79. The van der Waals surface area contributed by atoms with Crippen LogP contribution in [0.25, 0.3) is 0 Å². The van der Waals surface area contributed by atoms with Crippen LogP contribution in [0.15, 0.2) is 18.3 Å². The number of imidazole rings is 1. The lowest BCUT2D eigenvalue weighted by atomic mass is 9.93. The van der Waals surface area contributed by atoms with Gasteiger partial charge in [-0.25, -0.2) is 4.98 Å². The first kappa shape index (κ1) is 14.2. The monoisotopic (exact) mass is 299 g/mol. The average molecular weight is 299 g/mol. The molecule has 1 aliphatic carbocycles. The van der Waals surface area contributed by atoms with Gasteiger partial charge in [-0.3, -0.25) is 4.79 Å². The van der Waals surface area contributed by atoms with Gasteiger partial charge in [0.2, 0.25) is 5.91 Å². The summed E-state index contributed by atoms with van der Waals surface area (Å²) in [5.41, 5.74) is -0.882. The van der Waals surface area contributed by atoms with E-state index in [0.717, 1.165) is 25.5 Å². The van der Waals surface area contributed by atoms with Gasteiger partial charge in [-0.05, 0) is 19.3 Å². The van der Waals surface area contributed by atoms with Gasteiger partial charge in [-0.15, -0.1) is 0 Å². The van der Waals surface area contributed by atoms with E-state index in [-0.39, 0.29) is 18.4 Å². The second-order valence-electron chi connectivity index (χ2n) is 5.47. The van der Waals surface area contributed by atoms with Crippen molar-refractivity contribution < 1.29 is 18.0 Å². The molecule has 3 rings (SSSR count). The van der Waals surface area contributed by atoms with Crippen LogP contribution in [0.2, 0.25) is 0 Å². The summed E-state index contributed by atoms with van der Waals surface area (Å²) >= 11 is 0. The Balaban J connectivity index is 1.73. The predicted octanol–water partition coefficient (Wildman–Crippen LogP) is 2.60. The van der Waals surface area contributed by atoms with E-state index in [2.05, 4.69) is 11.1 Å². The molecule has 2 heterocycles. The Morgan fingerprint density at radius 3 is 2.76 bits per heavy atom. The Bertz CT molecular complexity index is 577. The quantitative estimate of drug-likeness (QED) is 0.748. The summed E-state index contributed by atoms with van der Waals surface area (Å²) in [6.07, 6.45) is 3.07. The van der Waals surface area contributed by atoms with Crippen molar-refractivity contribution >= 4 is 5.91 Å².